The van der Waals surface area contributed by atoms with Gasteiger partial charge in [0.15, 0.2) is 0 Å². The van der Waals surface area contributed by atoms with Crippen LogP contribution < -0.4 is 11.1 Å². The summed E-state index contributed by atoms with van der Waals surface area (Å²) in [6.07, 6.45) is -0.616. The van der Waals surface area contributed by atoms with E-state index in [1.54, 1.807) is 0 Å². The Hall–Kier alpha value is -1.84. The highest BCUT2D eigenvalue weighted by molar-refractivity contribution is 7.52. The molecule has 0 saturated carbocycles. The molecule has 0 fully saturated rings. The number of hydrogen-bond acceptors (Lipinski definition) is 3. The Labute approximate surface area is 116 Å². The number of H-pyrrole nitrogens is 2. The van der Waals surface area contributed by atoms with Crippen molar-refractivity contribution in [3.05, 3.63) is 43.4 Å². The molecule has 2 rings (SSSR count). The van der Waals surface area contributed by atoms with Crippen LogP contribution in [0.1, 0.15) is 5.56 Å². The van der Waals surface area contributed by atoms with Crippen molar-refractivity contribution in [2.45, 2.75) is 0 Å². The van der Waals surface area contributed by atoms with Gasteiger partial charge in [-0.2, -0.15) is 0 Å². The molecule has 1 aromatic heterocycles. The third-order valence-electron chi connectivity index (χ3n) is 2.30. The van der Waals surface area contributed by atoms with E-state index < -0.39 is 24.9 Å². The molecule has 4 N–H and O–H groups in total. The minimum Gasteiger partial charge on any atom is -0.324 e. The average Bonchev–Trinajstić information content (AvgIpc) is 2.30. The van der Waals surface area contributed by atoms with Crippen LogP contribution in [-0.2, 0) is 4.57 Å². The SMILES string of the molecule is O=c1[nH]c2cc(Cl)cc(C#CCP(=O)(O)O)c2[nH]c1=O. The lowest BCUT2D eigenvalue weighted by Gasteiger charge is -2.01. The molecule has 0 radical (unpaired) electrons. The Bertz CT molecular complexity index is 899. The van der Waals surface area contributed by atoms with E-state index in [9.17, 15) is 14.2 Å². The van der Waals surface area contributed by atoms with Gasteiger partial charge >= 0.3 is 18.7 Å². The summed E-state index contributed by atoms with van der Waals surface area (Å²) in [7, 11) is -4.23. The molecule has 0 aliphatic carbocycles. The summed E-state index contributed by atoms with van der Waals surface area (Å²) in [6, 6.07) is 2.85. The number of benzene rings is 1. The molecule has 9 heteroatoms. The minimum absolute atomic E-state index is 0.247. The van der Waals surface area contributed by atoms with E-state index in [0.29, 0.717) is 0 Å². The molecule has 0 saturated heterocycles. The third kappa shape index (κ3) is 3.38. The maximum absolute atomic E-state index is 11.3. The van der Waals surface area contributed by atoms with Crippen LogP contribution in [0.25, 0.3) is 11.0 Å². The lowest BCUT2D eigenvalue weighted by molar-refractivity contribution is 0.377. The Morgan fingerprint density at radius 3 is 2.50 bits per heavy atom. The summed E-state index contributed by atoms with van der Waals surface area (Å²) in [5, 5.41) is 0.265. The minimum atomic E-state index is -4.23. The maximum Gasteiger partial charge on any atom is 0.337 e. The zero-order chi connectivity index (χ0) is 14.9. The van der Waals surface area contributed by atoms with Gasteiger partial charge in [-0.1, -0.05) is 23.4 Å². The van der Waals surface area contributed by atoms with Crippen LogP contribution >= 0.6 is 19.2 Å². The molecule has 0 aliphatic rings. The molecule has 1 aromatic carbocycles. The number of halogens is 1. The van der Waals surface area contributed by atoms with Crippen LogP contribution in [0.5, 0.6) is 0 Å². The van der Waals surface area contributed by atoms with E-state index in [0.717, 1.165) is 0 Å². The standard InChI is InChI=1S/C11H8ClN2O5P/c12-7-4-6(2-1-3-20(17,18)19)9-8(5-7)13-10(15)11(16)14-9/h4-5H,3H2,(H,13,15)(H,14,16)(H2,17,18,19). The summed E-state index contributed by atoms with van der Waals surface area (Å²) in [5.74, 6) is 4.82. The van der Waals surface area contributed by atoms with Crippen LogP contribution in [0.3, 0.4) is 0 Å². The molecular weight excluding hydrogens is 307 g/mol. The molecule has 104 valence electrons. The largest absolute Gasteiger partial charge is 0.337 e. The van der Waals surface area contributed by atoms with E-state index in [1.165, 1.54) is 12.1 Å². The van der Waals surface area contributed by atoms with Crippen molar-refractivity contribution in [3.8, 4) is 11.8 Å². The molecule has 0 unspecified atom stereocenters. The molecule has 0 amide bonds. The van der Waals surface area contributed by atoms with Crippen LogP contribution in [0.2, 0.25) is 5.02 Å². The zero-order valence-electron chi connectivity index (χ0n) is 9.81. The molecule has 0 aliphatic heterocycles. The Morgan fingerprint density at radius 1 is 1.20 bits per heavy atom. The van der Waals surface area contributed by atoms with Crippen molar-refractivity contribution >= 4 is 30.2 Å². The number of hydrogen-bond donors (Lipinski definition) is 4. The van der Waals surface area contributed by atoms with Crippen molar-refractivity contribution in [2.24, 2.45) is 0 Å². The Morgan fingerprint density at radius 2 is 1.85 bits per heavy atom. The second kappa shape index (κ2) is 5.27. The van der Waals surface area contributed by atoms with E-state index >= 15 is 0 Å². The van der Waals surface area contributed by atoms with Gasteiger partial charge in [0.2, 0.25) is 0 Å². The summed E-state index contributed by atoms with van der Waals surface area (Å²) in [6.45, 7) is 0. The quantitative estimate of drug-likeness (QED) is 0.344. The fourth-order valence-electron chi connectivity index (χ4n) is 1.53. The number of nitrogens with one attached hydrogen (secondary N) is 2. The van der Waals surface area contributed by atoms with Gasteiger partial charge in [0.25, 0.3) is 0 Å². The van der Waals surface area contributed by atoms with Crippen molar-refractivity contribution < 1.29 is 14.4 Å². The van der Waals surface area contributed by atoms with Crippen LogP contribution in [-0.4, -0.2) is 25.9 Å². The lowest BCUT2D eigenvalue weighted by atomic mass is 10.2. The van der Waals surface area contributed by atoms with Gasteiger partial charge in [0.05, 0.1) is 16.6 Å². The van der Waals surface area contributed by atoms with Gasteiger partial charge in [0.1, 0.15) is 6.16 Å². The zero-order valence-corrected chi connectivity index (χ0v) is 11.5. The van der Waals surface area contributed by atoms with Gasteiger partial charge in [-0.25, -0.2) is 0 Å². The van der Waals surface area contributed by atoms with Crippen LogP contribution in [0.15, 0.2) is 21.7 Å². The monoisotopic (exact) mass is 314 g/mol. The average molecular weight is 315 g/mol. The molecule has 1 heterocycles. The molecular formula is C11H8ClN2O5P. The fraction of sp³-hybridized carbons (Fsp3) is 0.0909. The number of fused-ring (bicyclic) bond motifs is 1. The van der Waals surface area contributed by atoms with Gasteiger partial charge in [-0.3, -0.25) is 14.2 Å². The molecule has 0 spiro atoms. The first-order valence-corrected chi connectivity index (χ1v) is 7.43. The molecule has 7 nitrogen and oxygen atoms in total. The summed E-state index contributed by atoms with van der Waals surface area (Å²) >= 11 is 5.85. The van der Waals surface area contributed by atoms with Gasteiger partial charge in [-0.05, 0) is 12.1 Å². The van der Waals surface area contributed by atoms with Crippen molar-refractivity contribution in [2.75, 3.05) is 6.16 Å². The Balaban J connectivity index is 2.64. The maximum atomic E-state index is 11.3. The normalized spacial score (nSPS) is 11.2. The topological polar surface area (TPSA) is 123 Å². The Kier molecular flexibility index (Phi) is 3.84. The highest BCUT2D eigenvalue weighted by atomic mass is 35.5. The second-order valence-corrected chi connectivity index (χ2v) is 5.99. The van der Waals surface area contributed by atoms with Crippen LogP contribution in [0.4, 0.5) is 0 Å². The van der Waals surface area contributed by atoms with Crippen molar-refractivity contribution in [3.63, 3.8) is 0 Å². The molecule has 20 heavy (non-hydrogen) atoms. The van der Waals surface area contributed by atoms with Gasteiger partial charge < -0.3 is 19.8 Å². The number of aromatic nitrogens is 2. The smallest absolute Gasteiger partial charge is 0.324 e. The predicted octanol–water partition coefficient (Wildman–Crippen LogP) is 0.399. The summed E-state index contributed by atoms with van der Waals surface area (Å²) in [4.78, 5) is 44.6. The first-order valence-electron chi connectivity index (χ1n) is 5.25. The van der Waals surface area contributed by atoms with Gasteiger partial charge in [-0.15, -0.1) is 0 Å². The van der Waals surface area contributed by atoms with Crippen molar-refractivity contribution in [1.82, 2.24) is 9.97 Å². The summed E-state index contributed by atoms with van der Waals surface area (Å²) < 4.78 is 10.7. The van der Waals surface area contributed by atoms with Crippen LogP contribution in [0, 0.1) is 11.8 Å². The van der Waals surface area contributed by atoms with E-state index in [-0.39, 0.29) is 21.6 Å². The van der Waals surface area contributed by atoms with E-state index in [2.05, 4.69) is 21.8 Å². The highest BCUT2D eigenvalue weighted by Gasteiger charge is 2.10. The van der Waals surface area contributed by atoms with E-state index in [4.69, 9.17) is 21.4 Å². The number of rotatable bonds is 1. The number of aromatic amines is 2. The first kappa shape index (κ1) is 14.6. The molecule has 2 aromatic rings. The highest BCUT2D eigenvalue weighted by Crippen LogP contribution is 2.32. The third-order valence-corrected chi connectivity index (χ3v) is 3.09. The van der Waals surface area contributed by atoms with Crippen molar-refractivity contribution in [1.29, 1.82) is 0 Å². The first-order chi connectivity index (χ1) is 9.26. The fourth-order valence-corrected chi connectivity index (χ4v) is 2.03. The predicted molar refractivity (Wildman–Crippen MR) is 74.0 cm³/mol. The summed E-state index contributed by atoms with van der Waals surface area (Å²) in [5.41, 5.74) is -0.888. The second-order valence-electron chi connectivity index (χ2n) is 3.91. The van der Waals surface area contributed by atoms with Gasteiger partial charge in [0, 0.05) is 5.02 Å². The lowest BCUT2D eigenvalue weighted by Crippen LogP contribution is -2.29. The molecule has 0 bridgehead atoms. The molecule has 0 atom stereocenters. The van der Waals surface area contributed by atoms with E-state index in [1.807, 2.05) is 0 Å².